The van der Waals surface area contributed by atoms with Crippen LogP contribution in [0.25, 0.3) is 29.3 Å². The smallest absolute Gasteiger partial charge is 0.0705 e. The van der Waals surface area contributed by atoms with E-state index in [1.165, 1.54) is 48.0 Å². The van der Waals surface area contributed by atoms with Crippen molar-refractivity contribution in [1.82, 2.24) is 0 Å². The Labute approximate surface area is 193 Å². The van der Waals surface area contributed by atoms with E-state index in [0.29, 0.717) is 0 Å². The Morgan fingerprint density at radius 2 is 1.11 bits per heavy atom. The van der Waals surface area contributed by atoms with E-state index in [1.54, 1.807) is 10.4 Å². The zero-order valence-corrected chi connectivity index (χ0v) is 22.3. The molecular formula is C20H15Br2S4Si-. The van der Waals surface area contributed by atoms with E-state index in [4.69, 9.17) is 6.55 Å². The first-order valence-electron chi connectivity index (χ1n) is 8.44. The molecule has 0 aliphatic carbocycles. The maximum absolute atomic E-state index is 4.84. The molecular weight excluding hydrogens is 556 g/mol. The van der Waals surface area contributed by atoms with Gasteiger partial charge in [0.1, 0.15) is 0 Å². The summed E-state index contributed by atoms with van der Waals surface area (Å²) in [4.78, 5) is 8.55. The second-order valence-corrected chi connectivity index (χ2v) is 17.7. The predicted octanol–water partition coefficient (Wildman–Crippen LogP) is 7.95. The highest BCUT2D eigenvalue weighted by Crippen LogP contribution is 2.49. The average molecular weight is 572 g/mol. The molecule has 0 N–H and O–H groups in total. The van der Waals surface area contributed by atoms with Crippen LogP contribution in [0.15, 0.2) is 31.8 Å². The van der Waals surface area contributed by atoms with Gasteiger partial charge in [0.05, 0.1) is 7.57 Å². The van der Waals surface area contributed by atoms with Gasteiger partial charge < -0.3 is 6.55 Å². The lowest BCUT2D eigenvalue weighted by atomic mass is 10.2. The molecule has 0 unspecified atom stereocenters. The topological polar surface area (TPSA) is 0 Å². The van der Waals surface area contributed by atoms with Crippen molar-refractivity contribution in [1.29, 1.82) is 0 Å². The lowest BCUT2D eigenvalue weighted by Gasteiger charge is -2.28. The number of thiophene rings is 4. The van der Waals surface area contributed by atoms with Crippen molar-refractivity contribution in [2.45, 2.75) is 20.4 Å². The number of hydrogen-bond acceptors (Lipinski definition) is 4. The van der Waals surface area contributed by atoms with Crippen LogP contribution in [-0.4, -0.2) is 8.07 Å². The Hall–Kier alpha value is -0.0231. The van der Waals surface area contributed by atoms with Crippen molar-refractivity contribution in [2.75, 3.05) is 0 Å². The second kappa shape index (κ2) is 6.49. The molecule has 7 heteroatoms. The van der Waals surface area contributed by atoms with Gasteiger partial charge in [0, 0.05) is 29.3 Å². The maximum Gasteiger partial charge on any atom is 0.0705 e. The van der Waals surface area contributed by atoms with Crippen LogP contribution in [0.5, 0.6) is 0 Å². The SMILES string of the molecule is [CH2-][Si]1(C)c2c(sc(-c3ccc(Br)s3)c2C)-c2sc(-c3ccc(Br)s3)c(C)c21. The Balaban J connectivity index is 1.75. The standard InChI is InChI=1S/C20H15Br2S4Si/c1-9-15(11-5-7-13(21)23-11)25-17-18-20(27(3,4)19(9)17)10(2)16(26-18)12-6-8-14(22)24-12/h5-8H,3H2,1-2,4H3/q-1. The van der Waals surface area contributed by atoms with E-state index in [0.717, 1.165) is 0 Å². The predicted molar refractivity (Wildman–Crippen MR) is 135 cm³/mol. The van der Waals surface area contributed by atoms with Crippen LogP contribution in [0.1, 0.15) is 11.1 Å². The van der Waals surface area contributed by atoms with Gasteiger partial charge in [-0.25, -0.2) is 0 Å². The van der Waals surface area contributed by atoms with Gasteiger partial charge >= 0.3 is 0 Å². The van der Waals surface area contributed by atoms with Gasteiger partial charge in [-0.2, -0.15) is 0 Å². The third kappa shape index (κ3) is 2.73. The molecule has 4 aromatic rings. The summed E-state index contributed by atoms with van der Waals surface area (Å²) < 4.78 is 2.39. The Morgan fingerprint density at radius 3 is 1.44 bits per heavy atom. The van der Waals surface area contributed by atoms with Crippen molar-refractivity contribution in [2.24, 2.45) is 0 Å². The number of fused-ring (bicyclic) bond motifs is 3. The van der Waals surface area contributed by atoms with E-state index in [-0.39, 0.29) is 0 Å². The van der Waals surface area contributed by atoms with Crippen molar-refractivity contribution in [3.8, 4) is 29.3 Å². The molecule has 0 atom stereocenters. The lowest BCUT2D eigenvalue weighted by molar-refractivity contribution is 1.57. The summed E-state index contributed by atoms with van der Waals surface area (Å²) in [6.45, 7) is 11.9. The van der Waals surface area contributed by atoms with Gasteiger partial charge in [-0.3, -0.25) is 0 Å². The van der Waals surface area contributed by atoms with Crippen LogP contribution in [0.4, 0.5) is 0 Å². The van der Waals surface area contributed by atoms with E-state index in [2.05, 4.69) is 76.5 Å². The molecule has 1 aliphatic heterocycles. The van der Waals surface area contributed by atoms with Gasteiger partial charge in [-0.05, 0) is 89.2 Å². The zero-order valence-electron chi connectivity index (χ0n) is 14.9. The molecule has 0 saturated carbocycles. The first-order valence-corrected chi connectivity index (χ1v) is 16.0. The minimum Gasteiger partial charge on any atom is -0.333 e. The maximum atomic E-state index is 4.84. The molecule has 138 valence electrons. The number of hydrogen-bond donors (Lipinski definition) is 0. The molecule has 27 heavy (non-hydrogen) atoms. The van der Waals surface area contributed by atoms with E-state index in [1.807, 2.05) is 45.3 Å². The van der Waals surface area contributed by atoms with Crippen LogP contribution in [0, 0.1) is 20.4 Å². The Bertz CT molecular complexity index is 1110. The summed E-state index contributed by atoms with van der Waals surface area (Å²) in [6.07, 6.45) is 0. The van der Waals surface area contributed by atoms with Crippen LogP contribution in [-0.2, 0) is 0 Å². The molecule has 4 aromatic heterocycles. The minimum absolute atomic E-state index is 1.19. The fourth-order valence-corrected chi connectivity index (χ4v) is 15.2. The normalized spacial score (nSPS) is 14.6. The first-order chi connectivity index (χ1) is 12.8. The monoisotopic (exact) mass is 569 g/mol. The third-order valence-electron chi connectivity index (χ3n) is 5.20. The van der Waals surface area contributed by atoms with Crippen LogP contribution in [0.3, 0.4) is 0 Å². The molecule has 5 rings (SSSR count). The van der Waals surface area contributed by atoms with E-state index < -0.39 is 8.07 Å². The van der Waals surface area contributed by atoms with Crippen molar-refractivity contribution < 1.29 is 0 Å². The van der Waals surface area contributed by atoms with Gasteiger partial charge in [0.15, 0.2) is 0 Å². The van der Waals surface area contributed by atoms with Gasteiger partial charge in [-0.15, -0.1) is 45.3 Å². The molecule has 0 radical (unpaired) electrons. The first kappa shape index (κ1) is 19.0. The number of halogens is 2. The van der Waals surface area contributed by atoms with Crippen LogP contribution >= 0.6 is 77.2 Å². The summed E-state index contributed by atoms with van der Waals surface area (Å²) in [5, 5.41) is 3.13. The van der Waals surface area contributed by atoms with Gasteiger partial charge in [0.2, 0.25) is 0 Å². The zero-order chi connectivity index (χ0) is 19.1. The van der Waals surface area contributed by atoms with Crippen molar-refractivity contribution in [3.63, 3.8) is 0 Å². The molecule has 0 fully saturated rings. The van der Waals surface area contributed by atoms with Crippen LogP contribution < -0.4 is 10.4 Å². The minimum atomic E-state index is -1.92. The van der Waals surface area contributed by atoms with Gasteiger partial charge in [-0.1, -0.05) is 16.9 Å². The quantitative estimate of drug-likeness (QED) is 0.169. The molecule has 0 saturated heterocycles. The Morgan fingerprint density at radius 1 is 0.704 bits per heavy atom. The van der Waals surface area contributed by atoms with E-state index >= 15 is 0 Å². The van der Waals surface area contributed by atoms with Crippen molar-refractivity contribution >= 4 is 95.7 Å². The second-order valence-electron chi connectivity index (χ2n) is 7.06. The van der Waals surface area contributed by atoms with Gasteiger partial charge in [0.25, 0.3) is 0 Å². The molecule has 0 nitrogen and oxygen atoms in total. The van der Waals surface area contributed by atoms with Crippen molar-refractivity contribution in [3.05, 3.63) is 49.5 Å². The average Bonchev–Trinajstić information content (AvgIpc) is 3.35. The molecule has 0 aromatic carbocycles. The summed E-state index contributed by atoms with van der Waals surface area (Å²) in [5.74, 6) is 0. The molecule has 5 heterocycles. The highest BCUT2D eigenvalue weighted by atomic mass is 79.9. The summed E-state index contributed by atoms with van der Waals surface area (Å²) in [7, 11) is -1.92. The lowest BCUT2D eigenvalue weighted by Crippen LogP contribution is -2.51. The summed E-state index contributed by atoms with van der Waals surface area (Å²) in [6, 6.07) is 8.77. The molecule has 0 spiro atoms. The summed E-state index contributed by atoms with van der Waals surface area (Å²) >= 11 is 14.8. The molecule has 0 bridgehead atoms. The highest BCUT2D eigenvalue weighted by Gasteiger charge is 2.39. The molecule has 1 aliphatic rings. The Kier molecular flexibility index (Phi) is 4.56. The summed E-state index contributed by atoms with van der Waals surface area (Å²) in [5.41, 5.74) is 2.91. The highest BCUT2D eigenvalue weighted by molar-refractivity contribution is 9.11. The fourth-order valence-electron chi connectivity index (χ4n) is 4.14. The third-order valence-corrected chi connectivity index (χ3v) is 15.4. The fraction of sp³-hybridized carbons (Fsp3) is 0.150. The van der Waals surface area contributed by atoms with Crippen LogP contribution in [0.2, 0.25) is 6.55 Å². The van der Waals surface area contributed by atoms with E-state index in [9.17, 15) is 0 Å². The largest absolute Gasteiger partial charge is 0.333 e. The number of rotatable bonds is 2. The molecule has 0 amide bonds.